The van der Waals surface area contributed by atoms with Crippen molar-refractivity contribution in [3.8, 4) is 23.0 Å². The number of halogens is 2. The molecule has 0 aromatic heterocycles. The quantitative estimate of drug-likeness (QED) is 0.392. The Morgan fingerprint density at radius 1 is 0.938 bits per heavy atom. The fourth-order valence-electron chi connectivity index (χ4n) is 2.45. The Morgan fingerprint density at radius 2 is 1.56 bits per heavy atom. The number of thiocarbonyl (C=S) groups is 1. The van der Waals surface area contributed by atoms with E-state index in [-0.39, 0.29) is 21.4 Å². The van der Waals surface area contributed by atoms with Crippen LogP contribution in [0.1, 0.15) is 17.3 Å². The Balaban J connectivity index is 1.94. The van der Waals surface area contributed by atoms with Gasteiger partial charge in [0.25, 0.3) is 11.8 Å². The number of carbonyl (C=O) groups is 2. The molecule has 2 rings (SSSR count). The van der Waals surface area contributed by atoms with Gasteiger partial charge in [0.05, 0.1) is 26.4 Å². The van der Waals surface area contributed by atoms with Crippen molar-refractivity contribution < 1.29 is 28.5 Å². The molecular formula is C20H21Cl2N3O6S. The zero-order valence-corrected chi connectivity index (χ0v) is 19.9. The predicted molar refractivity (Wildman–Crippen MR) is 124 cm³/mol. The first-order valence-electron chi connectivity index (χ1n) is 9.03. The van der Waals surface area contributed by atoms with Crippen LogP contribution in [0, 0.1) is 0 Å². The average molecular weight is 502 g/mol. The summed E-state index contributed by atoms with van der Waals surface area (Å²) in [5, 5.41) is 2.99. The SMILES string of the molecule is COc1cc(C(=O)NC(=S)NNC(=O)C(C)Oc2ccc(Cl)cc2Cl)cc(OC)c1OC. The normalized spacial score (nSPS) is 11.1. The van der Waals surface area contributed by atoms with E-state index < -0.39 is 17.9 Å². The molecule has 0 bridgehead atoms. The fraction of sp³-hybridized carbons (Fsp3) is 0.250. The molecule has 0 aliphatic heterocycles. The summed E-state index contributed by atoms with van der Waals surface area (Å²) in [7, 11) is 4.32. The van der Waals surface area contributed by atoms with Gasteiger partial charge in [-0.25, -0.2) is 0 Å². The van der Waals surface area contributed by atoms with Gasteiger partial charge in [-0.2, -0.15) is 0 Å². The number of methoxy groups -OCH3 is 3. The first-order chi connectivity index (χ1) is 15.2. The van der Waals surface area contributed by atoms with Crippen LogP contribution < -0.4 is 35.1 Å². The topological polar surface area (TPSA) is 107 Å². The summed E-state index contributed by atoms with van der Waals surface area (Å²) in [6.07, 6.45) is -0.921. The van der Waals surface area contributed by atoms with Gasteiger partial charge in [-0.3, -0.25) is 25.8 Å². The lowest BCUT2D eigenvalue weighted by atomic mass is 10.1. The van der Waals surface area contributed by atoms with Crippen molar-refractivity contribution in [2.24, 2.45) is 0 Å². The smallest absolute Gasteiger partial charge is 0.279 e. The summed E-state index contributed by atoms with van der Waals surface area (Å²) in [6, 6.07) is 7.55. The highest BCUT2D eigenvalue weighted by atomic mass is 35.5. The molecule has 2 amide bonds. The van der Waals surface area contributed by atoms with Crippen LogP contribution in [0.25, 0.3) is 0 Å². The number of hydrogen-bond acceptors (Lipinski definition) is 7. The molecule has 0 radical (unpaired) electrons. The van der Waals surface area contributed by atoms with Crippen LogP contribution in [-0.2, 0) is 4.79 Å². The predicted octanol–water partition coefficient (Wildman–Crippen LogP) is 3.12. The highest BCUT2D eigenvalue weighted by Crippen LogP contribution is 2.38. The molecule has 1 unspecified atom stereocenters. The van der Waals surface area contributed by atoms with E-state index in [4.69, 9.17) is 54.4 Å². The molecule has 0 saturated heterocycles. The third-order valence-electron chi connectivity index (χ3n) is 4.02. The second-order valence-electron chi connectivity index (χ2n) is 6.15. The maximum absolute atomic E-state index is 12.5. The highest BCUT2D eigenvalue weighted by molar-refractivity contribution is 7.80. The molecule has 3 N–H and O–H groups in total. The lowest BCUT2D eigenvalue weighted by Gasteiger charge is -2.17. The Kier molecular flexibility index (Phi) is 9.18. The second kappa shape index (κ2) is 11.6. The highest BCUT2D eigenvalue weighted by Gasteiger charge is 2.19. The Bertz CT molecular complexity index is 996. The van der Waals surface area contributed by atoms with Gasteiger partial charge < -0.3 is 18.9 Å². The molecular weight excluding hydrogens is 481 g/mol. The van der Waals surface area contributed by atoms with Gasteiger partial charge in [0, 0.05) is 10.6 Å². The average Bonchev–Trinajstić information content (AvgIpc) is 2.77. The molecule has 0 aliphatic rings. The third-order valence-corrected chi connectivity index (χ3v) is 4.75. The molecule has 32 heavy (non-hydrogen) atoms. The summed E-state index contributed by atoms with van der Waals surface area (Å²) in [4.78, 5) is 24.8. The summed E-state index contributed by atoms with van der Waals surface area (Å²) < 4.78 is 21.2. The van der Waals surface area contributed by atoms with E-state index in [1.807, 2.05) is 0 Å². The lowest BCUT2D eigenvalue weighted by Crippen LogP contribution is -2.51. The molecule has 12 heteroatoms. The number of nitrogens with one attached hydrogen (secondary N) is 3. The van der Waals surface area contributed by atoms with Crippen LogP contribution in [0.2, 0.25) is 10.0 Å². The monoisotopic (exact) mass is 501 g/mol. The maximum atomic E-state index is 12.5. The molecule has 0 fully saturated rings. The van der Waals surface area contributed by atoms with Gasteiger partial charge in [0.15, 0.2) is 22.7 Å². The number of ether oxygens (including phenoxy) is 4. The number of amides is 2. The Hall–Kier alpha value is -2.95. The second-order valence-corrected chi connectivity index (χ2v) is 7.40. The van der Waals surface area contributed by atoms with Crippen molar-refractivity contribution in [1.82, 2.24) is 16.2 Å². The Morgan fingerprint density at radius 3 is 2.09 bits per heavy atom. The van der Waals surface area contributed by atoms with Crippen LogP contribution in [0.4, 0.5) is 0 Å². The molecule has 0 spiro atoms. The van der Waals surface area contributed by atoms with Gasteiger partial charge in [-0.1, -0.05) is 23.2 Å². The molecule has 0 aliphatic carbocycles. The number of hydrogen-bond donors (Lipinski definition) is 3. The largest absolute Gasteiger partial charge is 0.493 e. The Labute approximate surface area is 200 Å². The maximum Gasteiger partial charge on any atom is 0.279 e. The van der Waals surface area contributed by atoms with Crippen molar-refractivity contribution >= 4 is 52.3 Å². The van der Waals surface area contributed by atoms with E-state index in [0.29, 0.717) is 22.3 Å². The number of hydrazine groups is 1. The molecule has 2 aromatic rings. The van der Waals surface area contributed by atoms with Gasteiger partial charge in [-0.05, 0) is 49.5 Å². The van der Waals surface area contributed by atoms with E-state index >= 15 is 0 Å². The minimum atomic E-state index is -0.921. The van der Waals surface area contributed by atoms with E-state index in [1.165, 1.54) is 46.5 Å². The summed E-state index contributed by atoms with van der Waals surface area (Å²) in [5.74, 6) is 0.118. The standard InChI is InChI=1S/C20H21Cl2N3O6S/c1-10(31-14-6-5-12(21)9-13(14)22)18(26)24-25-20(32)23-19(27)11-7-15(28-2)17(30-4)16(8-11)29-3/h5-10H,1-4H3,(H,24,26)(H2,23,25,27,32). The number of carbonyl (C=O) groups excluding carboxylic acids is 2. The zero-order valence-electron chi connectivity index (χ0n) is 17.6. The van der Waals surface area contributed by atoms with Crippen LogP contribution >= 0.6 is 35.4 Å². The minimum Gasteiger partial charge on any atom is -0.493 e. The van der Waals surface area contributed by atoms with E-state index in [0.717, 1.165) is 0 Å². The zero-order chi connectivity index (χ0) is 23.8. The molecule has 172 valence electrons. The molecule has 1 atom stereocenters. The minimum absolute atomic E-state index is 0.145. The van der Waals surface area contributed by atoms with Crippen LogP contribution in [0.15, 0.2) is 30.3 Å². The van der Waals surface area contributed by atoms with Gasteiger partial charge >= 0.3 is 0 Å². The first kappa shape index (κ1) is 25.3. The van der Waals surface area contributed by atoms with Crippen molar-refractivity contribution in [1.29, 1.82) is 0 Å². The van der Waals surface area contributed by atoms with E-state index in [9.17, 15) is 9.59 Å². The van der Waals surface area contributed by atoms with Crippen LogP contribution in [0.3, 0.4) is 0 Å². The van der Waals surface area contributed by atoms with Crippen molar-refractivity contribution in [2.75, 3.05) is 21.3 Å². The molecule has 9 nitrogen and oxygen atoms in total. The van der Waals surface area contributed by atoms with Crippen LogP contribution in [-0.4, -0.2) is 44.4 Å². The lowest BCUT2D eigenvalue weighted by molar-refractivity contribution is -0.127. The number of benzene rings is 2. The summed E-state index contributed by atoms with van der Waals surface area (Å²) in [5.41, 5.74) is 4.98. The first-order valence-corrected chi connectivity index (χ1v) is 10.2. The third kappa shape index (κ3) is 6.52. The summed E-state index contributed by atoms with van der Waals surface area (Å²) >= 11 is 16.9. The van der Waals surface area contributed by atoms with Crippen molar-refractivity contribution in [2.45, 2.75) is 13.0 Å². The van der Waals surface area contributed by atoms with Gasteiger partial charge in [-0.15, -0.1) is 0 Å². The fourth-order valence-corrected chi connectivity index (χ4v) is 3.05. The van der Waals surface area contributed by atoms with Crippen molar-refractivity contribution in [3.63, 3.8) is 0 Å². The molecule has 0 heterocycles. The van der Waals surface area contributed by atoms with Crippen LogP contribution in [0.5, 0.6) is 23.0 Å². The molecule has 2 aromatic carbocycles. The van der Waals surface area contributed by atoms with Crippen molar-refractivity contribution in [3.05, 3.63) is 45.9 Å². The van der Waals surface area contributed by atoms with E-state index in [2.05, 4.69) is 16.2 Å². The summed E-state index contributed by atoms with van der Waals surface area (Å²) in [6.45, 7) is 1.51. The van der Waals surface area contributed by atoms with Gasteiger partial charge in [0.2, 0.25) is 5.75 Å². The van der Waals surface area contributed by atoms with E-state index in [1.54, 1.807) is 12.1 Å². The number of rotatable bonds is 7. The van der Waals surface area contributed by atoms with Gasteiger partial charge in [0.1, 0.15) is 5.75 Å². The molecule has 0 saturated carbocycles.